The van der Waals surface area contributed by atoms with Gasteiger partial charge < -0.3 is 4.98 Å². The molecule has 2 unspecified atom stereocenters. The van der Waals surface area contributed by atoms with Crippen molar-refractivity contribution in [2.75, 3.05) is 0 Å². The first-order valence-corrected chi connectivity index (χ1v) is 7.25. The predicted molar refractivity (Wildman–Crippen MR) is 79.9 cm³/mol. The van der Waals surface area contributed by atoms with Gasteiger partial charge in [0, 0.05) is 24.1 Å². The van der Waals surface area contributed by atoms with E-state index in [1.807, 2.05) is 31.3 Å². The van der Waals surface area contributed by atoms with E-state index in [2.05, 4.69) is 9.83 Å². The van der Waals surface area contributed by atoms with E-state index < -0.39 is 0 Å². The maximum absolute atomic E-state index is 12.1. The number of hydrogen-bond donors (Lipinski definition) is 1. The van der Waals surface area contributed by atoms with Gasteiger partial charge in [-0.2, -0.15) is 0 Å². The number of aromatic amines is 1. The first kappa shape index (κ1) is 12.9. The molecule has 3 heteroatoms. The van der Waals surface area contributed by atoms with Crippen molar-refractivity contribution in [3.63, 3.8) is 0 Å². The Balaban J connectivity index is 2.05. The van der Waals surface area contributed by atoms with Crippen LogP contribution in [0.5, 0.6) is 0 Å². The van der Waals surface area contributed by atoms with Crippen LogP contribution in [0.2, 0.25) is 0 Å². The molecule has 1 heterocycles. The van der Waals surface area contributed by atoms with Gasteiger partial charge in [-0.1, -0.05) is 19.4 Å². The molecule has 0 aliphatic heterocycles. The molecule has 2 aromatic rings. The summed E-state index contributed by atoms with van der Waals surface area (Å²) in [5.41, 5.74) is 2.94. The van der Waals surface area contributed by atoms with Crippen LogP contribution in [0, 0.1) is 12.5 Å². The van der Waals surface area contributed by atoms with Crippen LogP contribution in [-0.4, -0.2) is 10.8 Å². The molecule has 0 spiro atoms. The molecule has 102 valence electrons. The maximum atomic E-state index is 12.1. The second kappa shape index (κ2) is 5.13. The highest BCUT2D eigenvalue weighted by atomic mass is 16.1. The van der Waals surface area contributed by atoms with Gasteiger partial charge in [0.1, 0.15) is 5.78 Å². The van der Waals surface area contributed by atoms with E-state index in [4.69, 9.17) is 6.57 Å². The molecule has 0 bridgehead atoms. The highest BCUT2D eigenvalue weighted by Gasteiger charge is 2.34. The highest BCUT2D eigenvalue weighted by molar-refractivity contribution is 5.89. The van der Waals surface area contributed by atoms with E-state index in [9.17, 15) is 4.79 Å². The van der Waals surface area contributed by atoms with Crippen molar-refractivity contribution in [1.29, 1.82) is 0 Å². The normalized spacial score (nSPS) is 22.0. The number of carbonyl (C=O) groups is 1. The van der Waals surface area contributed by atoms with Crippen LogP contribution in [-0.2, 0) is 4.79 Å². The topological polar surface area (TPSA) is 37.2 Å². The number of nitrogens with zero attached hydrogens (tertiary/aromatic N) is 1. The fourth-order valence-corrected chi connectivity index (χ4v) is 3.49. The summed E-state index contributed by atoms with van der Waals surface area (Å²) in [6, 6.07) is 5.73. The Labute approximate surface area is 118 Å². The number of carbonyl (C=O) groups excluding carboxylic acids is 1. The SMILES string of the molecule is [C-]#[N+]c1ccc2[nH]cc(C3CCCC3C(=O)CC)c2c1. The van der Waals surface area contributed by atoms with Gasteiger partial charge in [-0.15, -0.1) is 0 Å². The molecule has 0 radical (unpaired) electrons. The molecule has 3 rings (SSSR count). The van der Waals surface area contributed by atoms with E-state index in [-0.39, 0.29) is 5.92 Å². The lowest BCUT2D eigenvalue weighted by Crippen LogP contribution is -2.16. The molecule has 1 aliphatic rings. The fourth-order valence-electron chi connectivity index (χ4n) is 3.49. The van der Waals surface area contributed by atoms with Crippen molar-refractivity contribution in [3.05, 3.63) is 41.4 Å². The summed E-state index contributed by atoms with van der Waals surface area (Å²) in [6.07, 6.45) is 5.86. The summed E-state index contributed by atoms with van der Waals surface area (Å²) in [6.45, 7) is 9.10. The average molecular weight is 266 g/mol. The lowest BCUT2D eigenvalue weighted by atomic mass is 9.85. The van der Waals surface area contributed by atoms with Gasteiger partial charge in [-0.3, -0.25) is 4.79 Å². The standard InChI is InChI=1S/C17H18N2O/c1-3-17(20)13-6-4-5-12(13)15-10-19-16-8-7-11(18-2)9-14(15)16/h7-10,12-13,19H,3-6H2,1H3. The molecule has 2 atom stereocenters. The largest absolute Gasteiger partial charge is 0.361 e. The summed E-state index contributed by atoms with van der Waals surface area (Å²) in [7, 11) is 0. The van der Waals surface area contributed by atoms with Crippen molar-refractivity contribution < 1.29 is 4.79 Å². The number of rotatable bonds is 3. The molecule has 1 aliphatic carbocycles. The van der Waals surface area contributed by atoms with Crippen molar-refractivity contribution in [2.24, 2.45) is 5.92 Å². The lowest BCUT2D eigenvalue weighted by Gasteiger charge is -2.17. The third-order valence-electron chi connectivity index (χ3n) is 4.50. The lowest BCUT2D eigenvalue weighted by molar-refractivity contribution is -0.122. The Morgan fingerprint density at radius 1 is 1.45 bits per heavy atom. The Bertz CT molecular complexity index is 693. The molecule has 1 N–H and O–H groups in total. The molecule has 1 saturated carbocycles. The first-order chi connectivity index (χ1) is 9.74. The van der Waals surface area contributed by atoms with Gasteiger partial charge >= 0.3 is 0 Å². The minimum atomic E-state index is 0.163. The summed E-state index contributed by atoms with van der Waals surface area (Å²) >= 11 is 0. The van der Waals surface area contributed by atoms with Crippen molar-refractivity contribution in [1.82, 2.24) is 4.98 Å². The van der Waals surface area contributed by atoms with Crippen molar-refractivity contribution >= 4 is 22.4 Å². The summed E-state index contributed by atoms with van der Waals surface area (Å²) in [5.74, 6) is 0.857. The number of hydrogen-bond acceptors (Lipinski definition) is 1. The van der Waals surface area contributed by atoms with Crippen LogP contribution in [0.25, 0.3) is 15.7 Å². The van der Waals surface area contributed by atoms with E-state index in [0.717, 1.165) is 30.2 Å². The quantitative estimate of drug-likeness (QED) is 0.811. The number of benzene rings is 1. The van der Waals surface area contributed by atoms with Crippen molar-refractivity contribution in [3.8, 4) is 0 Å². The molecule has 0 amide bonds. The molecule has 1 fully saturated rings. The molecule has 1 aromatic carbocycles. The van der Waals surface area contributed by atoms with Crippen LogP contribution in [0.3, 0.4) is 0 Å². The van der Waals surface area contributed by atoms with Crippen LogP contribution < -0.4 is 0 Å². The second-order valence-corrected chi connectivity index (χ2v) is 5.55. The molecular weight excluding hydrogens is 248 g/mol. The molecule has 3 nitrogen and oxygen atoms in total. The second-order valence-electron chi connectivity index (χ2n) is 5.55. The highest BCUT2D eigenvalue weighted by Crippen LogP contribution is 2.43. The number of H-pyrrole nitrogens is 1. The summed E-state index contributed by atoms with van der Waals surface area (Å²) < 4.78 is 0. The van der Waals surface area contributed by atoms with E-state index in [1.54, 1.807) is 0 Å². The van der Waals surface area contributed by atoms with Crippen LogP contribution in [0.4, 0.5) is 5.69 Å². The van der Waals surface area contributed by atoms with Gasteiger partial charge in [-0.25, -0.2) is 4.85 Å². The summed E-state index contributed by atoms with van der Waals surface area (Å²) in [5, 5.41) is 1.11. The van der Waals surface area contributed by atoms with E-state index in [0.29, 0.717) is 23.8 Å². The first-order valence-electron chi connectivity index (χ1n) is 7.25. The molecular formula is C17H18N2O. The van der Waals surface area contributed by atoms with Crippen molar-refractivity contribution in [2.45, 2.75) is 38.5 Å². The van der Waals surface area contributed by atoms with Crippen LogP contribution in [0.1, 0.15) is 44.1 Å². The summed E-state index contributed by atoms with van der Waals surface area (Å²) in [4.78, 5) is 18.9. The van der Waals surface area contributed by atoms with Crippen LogP contribution in [0.15, 0.2) is 24.4 Å². The minimum Gasteiger partial charge on any atom is -0.361 e. The van der Waals surface area contributed by atoms with Gasteiger partial charge in [0.05, 0.1) is 6.57 Å². The Kier molecular flexibility index (Phi) is 3.31. The zero-order valence-corrected chi connectivity index (χ0v) is 11.6. The monoisotopic (exact) mass is 266 g/mol. The van der Waals surface area contributed by atoms with Gasteiger partial charge in [-0.05, 0) is 41.8 Å². The van der Waals surface area contributed by atoms with Gasteiger partial charge in [0.15, 0.2) is 5.69 Å². The zero-order chi connectivity index (χ0) is 14.1. The third kappa shape index (κ3) is 2.02. The Hall–Kier alpha value is -2.08. The third-order valence-corrected chi connectivity index (χ3v) is 4.50. The number of Topliss-reactive ketones (excluding diaryl/α,β-unsaturated/α-hetero) is 1. The molecule has 20 heavy (non-hydrogen) atoms. The van der Waals surface area contributed by atoms with Crippen LogP contribution >= 0.6 is 0 Å². The average Bonchev–Trinajstić information content (AvgIpc) is 3.11. The van der Waals surface area contributed by atoms with E-state index in [1.165, 1.54) is 5.56 Å². The maximum Gasteiger partial charge on any atom is 0.187 e. The smallest absolute Gasteiger partial charge is 0.187 e. The minimum absolute atomic E-state index is 0.163. The Morgan fingerprint density at radius 2 is 2.30 bits per heavy atom. The zero-order valence-electron chi connectivity index (χ0n) is 11.6. The number of ketones is 1. The number of nitrogens with one attached hydrogen (secondary N) is 1. The predicted octanol–water partition coefficient (Wildman–Crippen LogP) is 4.58. The van der Waals surface area contributed by atoms with E-state index >= 15 is 0 Å². The number of fused-ring (bicyclic) bond motifs is 1. The Morgan fingerprint density at radius 3 is 3.05 bits per heavy atom. The molecule has 0 saturated heterocycles. The number of aromatic nitrogens is 1. The fraction of sp³-hybridized carbons (Fsp3) is 0.412. The molecule has 1 aromatic heterocycles. The van der Waals surface area contributed by atoms with Gasteiger partial charge in [0.2, 0.25) is 0 Å². The van der Waals surface area contributed by atoms with Gasteiger partial charge in [0.25, 0.3) is 0 Å².